The van der Waals surface area contributed by atoms with Gasteiger partial charge in [-0.2, -0.15) is 0 Å². The molecule has 1 aliphatic rings. The first-order valence-corrected chi connectivity index (χ1v) is 8.03. The highest BCUT2D eigenvalue weighted by molar-refractivity contribution is 9.10. The van der Waals surface area contributed by atoms with E-state index in [1.54, 1.807) is 11.3 Å². The molecule has 104 valence electrons. The summed E-state index contributed by atoms with van der Waals surface area (Å²) in [5.41, 5.74) is 5.28. The van der Waals surface area contributed by atoms with Crippen LogP contribution in [0.3, 0.4) is 0 Å². The molecule has 4 nitrogen and oxygen atoms in total. The lowest BCUT2D eigenvalue weighted by molar-refractivity contribution is -0.134. The topological polar surface area (TPSA) is 63.4 Å². The molecule has 1 fully saturated rings. The van der Waals surface area contributed by atoms with Crippen LogP contribution in [0.15, 0.2) is 15.9 Å². The van der Waals surface area contributed by atoms with E-state index in [1.807, 2.05) is 10.3 Å². The van der Waals surface area contributed by atoms with Gasteiger partial charge >= 0.3 is 0 Å². The summed E-state index contributed by atoms with van der Waals surface area (Å²) in [4.78, 5) is 26.2. The van der Waals surface area contributed by atoms with Crippen molar-refractivity contribution in [2.45, 2.75) is 25.7 Å². The number of rotatable bonds is 4. The van der Waals surface area contributed by atoms with Crippen molar-refractivity contribution in [3.05, 3.63) is 20.8 Å². The van der Waals surface area contributed by atoms with Crippen molar-refractivity contribution in [1.29, 1.82) is 0 Å². The number of hydrogen-bond acceptors (Lipinski definition) is 3. The zero-order valence-corrected chi connectivity index (χ0v) is 13.0. The molecule has 1 aromatic rings. The van der Waals surface area contributed by atoms with Gasteiger partial charge in [0, 0.05) is 40.2 Å². The standard InChI is InChI=1S/C13H17BrN2O2S/c14-10-7-11(19-8-10)1-2-12(17)16-5-3-9(4-6-16)13(15)18/h7-9H,1-6H2,(H2,15,18). The number of nitrogens with zero attached hydrogens (tertiary/aromatic N) is 1. The number of hydrogen-bond donors (Lipinski definition) is 1. The Hall–Kier alpha value is -0.880. The first-order valence-electron chi connectivity index (χ1n) is 6.36. The van der Waals surface area contributed by atoms with Gasteiger partial charge in [0.25, 0.3) is 0 Å². The minimum Gasteiger partial charge on any atom is -0.369 e. The molecule has 1 aliphatic heterocycles. The van der Waals surface area contributed by atoms with Crippen molar-refractivity contribution >= 4 is 39.1 Å². The van der Waals surface area contributed by atoms with Crippen LogP contribution in [0, 0.1) is 5.92 Å². The Kier molecular flexibility index (Phi) is 4.99. The van der Waals surface area contributed by atoms with Crippen molar-refractivity contribution in [2.24, 2.45) is 11.7 Å². The average molecular weight is 345 g/mol. The maximum Gasteiger partial charge on any atom is 0.222 e. The molecule has 0 aliphatic carbocycles. The molecule has 1 saturated heterocycles. The summed E-state index contributed by atoms with van der Waals surface area (Å²) in [5.74, 6) is -0.125. The number of thiophene rings is 1. The largest absolute Gasteiger partial charge is 0.369 e. The molecule has 2 N–H and O–H groups in total. The maximum atomic E-state index is 12.1. The predicted octanol–water partition coefficient (Wildman–Crippen LogP) is 2.17. The number of amides is 2. The van der Waals surface area contributed by atoms with Gasteiger partial charge in [0.2, 0.25) is 11.8 Å². The highest BCUT2D eigenvalue weighted by Gasteiger charge is 2.25. The van der Waals surface area contributed by atoms with E-state index in [2.05, 4.69) is 22.0 Å². The van der Waals surface area contributed by atoms with Crippen molar-refractivity contribution in [2.75, 3.05) is 13.1 Å². The summed E-state index contributed by atoms with van der Waals surface area (Å²) in [7, 11) is 0. The van der Waals surface area contributed by atoms with Crippen molar-refractivity contribution in [1.82, 2.24) is 4.90 Å². The van der Waals surface area contributed by atoms with Crippen LogP contribution in [0.2, 0.25) is 0 Å². The second kappa shape index (κ2) is 6.52. The molecule has 0 unspecified atom stereocenters. The zero-order chi connectivity index (χ0) is 13.8. The normalized spacial score (nSPS) is 16.6. The Bertz CT molecular complexity index is 467. The van der Waals surface area contributed by atoms with Gasteiger partial charge in [-0.3, -0.25) is 9.59 Å². The minimum atomic E-state index is -0.240. The molecule has 0 spiro atoms. The van der Waals surface area contributed by atoms with E-state index < -0.39 is 0 Å². The van der Waals surface area contributed by atoms with Crippen molar-refractivity contribution < 1.29 is 9.59 Å². The summed E-state index contributed by atoms with van der Waals surface area (Å²) in [6.07, 6.45) is 2.72. The fourth-order valence-corrected chi connectivity index (χ4v) is 3.74. The van der Waals surface area contributed by atoms with Crippen LogP contribution in [0.25, 0.3) is 0 Å². The number of primary amides is 1. The highest BCUT2D eigenvalue weighted by Crippen LogP contribution is 2.22. The van der Waals surface area contributed by atoms with Gasteiger partial charge in [-0.1, -0.05) is 0 Å². The molecule has 2 rings (SSSR count). The SMILES string of the molecule is NC(=O)C1CCN(C(=O)CCc2cc(Br)cs2)CC1. The van der Waals surface area contributed by atoms with E-state index in [4.69, 9.17) is 5.73 Å². The fraction of sp³-hybridized carbons (Fsp3) is 0.538. The molecule has 0 aromatic carbocycles. The molecular formula is C13H17BrN2O2S. The third-order valence-corrected chi connectivity index (χ3v) is 5.21. The first kappa shape index (κ1) is 14.5. The number of likely N-dealkylation sites (tertiary alicyclic amines) is 1. The number of aryl methyl sites for hydroxylation is 1. The Morgan fingerprint density at radius 3 is 2.63 bits per heavy atom. The Morgan fingerprint density at radius 2 is 2.11 bits per heavy atom. The average Bonchev–Trinajstić information content (AvgIpc) is 2.82. The first-order chi connectivity index (χ1) is 9.06. The van der Waals surface area contributed by atoms with E-state index in [9.17, 15) is 9.59 Å². The van der Waals surface area contributed by atoms with Crippen molar-refractivity contribution in [3.8, 4) is 0 Å². The zero-order valence-electron chi connectivity index (χ0n) is 10.6. The highest BCUT2D eigenvalue weighted by atomic mass is 79.9. The monoisotopic (exact) mass is 344 g/mol. The maximum absolute atomic E-state index is 12.1. The smallest absolute Gasteiger partial charge is 0.222 e. The molecule has 2 amide bonds. The third kappa shape index (κ3) is 4.04. The van der Waals surface area contributed by atoms with Crippen LogP contribution >= 0.6 is 27.3 Å². The van der Waals surface area contributed by atoms with Crippen molar-refractivity contribution in [3.63, 3.8) is 0 Å². The van der Waals surface area contributed by atoms with E-state index in [0.29, 0.717) is 32.4 Å². The number of nitrogens with two attached hydrogens (primary N) is 1. The lowest BCUT2D eigenvalue weighted by atomic mass is 9.96. The molecule has 2 heterocycles. The molecule has 0 radical (unpaired) electrons. The second-order valence-electron chi connectivity index (χ2n) is 4.79. The van der Waals surface area contributed by atoms with Gasteiger partial charge in [-0.05, 0) is 41.3 Å². The summed E-state index contributed by atoms with van der Waals surface area (Å²) >= 11 is 5.07. The van der Waals surface area contributed by atoms with Gasteiger partial charge in [-0.25, -0.2) is 0 Å². The van der Waals surface area contributed by atoms with E-state index in [-0.39, 0.29) is 17.7 Å². The third-order valence-electron chi connectivity index (χ3n) is 3.46. The Morgan fingerprint density at radius 1 is 1.42 bits per heavy atom. The number of carbonyl (C=O) groups is 2. The van der Waals surface area contributed by atoms with E-state index in [1.165, 1.54) is 4.88 Å². The van der Waals surface area contributed by atoms with Crippen LogP contribution in [0.4, 0.5) is 0 Å². The van der Waals surface area contributed by atoms with Gasteiger partial charge < -0.3 is 10.6 Å². The lowest BCUT2D eigenvalue weighted by Gasteiger charge is -2.30. The van der Waals surface area contributed by atoms with Crippen LogP contribution < -0.4 is 5.73 Å². The van der Waals surface area contributed by atoms with Crippen LogP contribution in [0.5, 0.6) is 0 Å². The van der Waals surface area contributed by atoms with Gasteiger partial charge in [0.05, 0.1) is 0 Å². The molecule has 0 bridgehead atoms. The van der Waals surface area contributed by atoms with Gasteiger partial charge in [-0.15, -0.1) is 11.3 Å². The summed E-state index contributed by atoms with van der Waals surface area (Å²) in [5, 5.41) is 2.03. The minimum absolute atomic E-state index is 0.0581. The number of piperidine rings is 1. The van der Waals surface area contributed by atoms with E-state index >= 15 is 0 Å². The predicted molar refractivity (Wildman–Crippen MR) is 78.8 cm³/mol. The Balaban J connectivity index is 1.77. The van der Waals surface area contributed by atoms with Gasteiger partial charge in [0.15, 0.2) is 0 Å². The fourth-order valence-electron chi connectivity index (χ4n) is 2.29. The van der Waals surface area contributed by atoms with Crippen LogP contribution in [0.1, 0.15) is 24.1 Å². The lowest BCUT2D eigenvalue weighted by Crippen LogP contribution is -2.41. The molecule has 1 aromatic heterocycles. The van der Waals surface area contributed by atoms with Crippen LogP contribution in [-0.4, -0.2) is 29.8 Å². The summed E-state index contributed by atoms with van der Waals surface area (Å²) in [6.45, 7) is 1.31. The van der Waals surface area contributed by atoms with Crippen LogP contribution in [-0.2, 0) is 16.0 Å². The summed E-state index contributed by atoms with van der Waals surface area (Å²) in [6, 6.07) is 2.05. The summed E-state index contributed by atoms with van der Waals surface area (Å²) < 4.78 is 1.07. The molecule has 19 heavy (non-hydrogen) atoms. The molecule has 0 atom stereocenters. The molecule has 0 saturated carbocycles. The number of carbonyl (C=O) groups excluding carboxylic acids is 2. The molecule has 6 heteroatoms. The van der Waals surface area contributed by atoms with E-state index in [0.717, 1.165) is 10.9 Å². The quantitative estimate of drug-likeness (QED) is 0.909. The number of halogens is 1. The second-order valence-corrected chi connectivity index (χ2v) is 6.70. The Labute approximate surface area is 125 Å². The van der Waals surface area contributed by atoms with Gasteiger partial charge in [0.1, 0.15) is 0 Å². The molecular weight excluding hydrogens is 328 g/mol.